The molecular weight excluding hydrogens is 244 g/mol. The molecule has 0 aromatic carbocycles. The van der Waals surface area contributed by atoms with Crippen LogP contribution in [0.25, 0.3) is 0 Å². The molecule has 0 aromatic rings. The molecule has 0 radical (unpaired) electrons. The molecule has 4 atom stereocenters. The van der Waals surface area contributed by atoms with Crippen molar-refractivity contribution in [3.05, 3.63) is 0 Å². The van der Waals surface area contributed by atoms with E-state index in [4.69, 9.17) is 5.73 Å². The molecule has 1 saturated heterocycles. The summed E-state index contributed by atoms with van der Waals surface area (Å²) in [5.74, 6) is 1.60. The van der Waals surface area contributed by atoms with Crippen molar-refractivity contribution in [3.8, 4) is 0 Å². The number of nitrogens with two attached hydrogens (primary N) is 1. The molecule has 1 saturated carbocycles. The Labute approximate surface area is 126 Å². The summed E-state index contributed by atoms with van der Waals surface area (Å²) in [6, 6.07) is 1.50. The predicted molar refractivity (Wildman–Crippen MR) is 87.8 cm³/mol. The van der Waals surface area contributed by atoms with Crippen LogP contribution in [0.1, 0.15) is 72.6 Å². The van der Waals surface area contributed by atoms with Crippen LogP contribution in [0.3, 0.4) is 0 Å². The Morgan fingerprint density at radius 1 is 1.05 bits per heavy atom. The second-order valence-electron chi connectivity index (χ2n) is 8.38. The molecule has 1 aliphatic carbocycles. The standard InChI is InChI=1S/C18H36N2/c1-14-8-6-5-7-11-20(14)17-12-16(18(2,3)4)10-9-15(17)13-19/h14-17H,5-13,19H2,1-4H3. The van der Waals surface area contributed by atoms with E-state index >= 15 is 0 Å². The lowest BCUT2D eigenvalue weighted by molar-refractivity contribution is 0.0258. The number of hydrogen-bond donors (Lipinski definition) is 1. The smallest absolute Gasteiger partial charge is 0.0141 e. The minimum absolute atomic E-state index is 0.451. The molecular formula is C18H36N2. The van der Waals surface area contributed by atoms with Gasteiger partial charge in [-0.3, -0.25) is 4.90 Å². The molecule has 2 aliphatic rings. The van der Waals surface area contributed by atoms with Crippen LogP contribution in [-0.4, -0.2) is 30.1 Å². The van der Waals surface area contributed by atoms with E-state index in [9.17, 15) is 0 Å². The first kappa shape index (κ1) is 16.3. The van der Waals surface area contributed by atoms with Gasteiger partial charge < -0.3 is 5.73 Å². The molecule has 0 bridgehead atoms. The lowest BCUT2D eigenvalue weighted by atomic mass is 9.67. The summed E-state index contributed by atoms with van der Waals surface area (Å²) < 4.78 is 0. The van der Waals surface area contributed by atoms with Crippen LogP contribution in [0.2, 0.25) is 0 Å². The third-order valence-corrected chi connectivity index (χ3v) is 6.01. The van der Waals surface area contributed by atoms with E-state index in [2.05, 4.69) is 32.6 Å². The zero-order valence-electron chi connectivity index (χ0n) is 14.2. The monoisotopic (exact) mass is 280 g/mol. The van der Waals surface area contributed by atoms with Crippen molar-refractivity contribution in [1.82, 2.24) is 4.90 Å². The maximum Gasteiger partial charge on any atom is 0.0141 e. The quantitative estimate of drug-likeness (QED) is 0.827. The fraction of sp³-hybridized carbons (Fsp3) is 1.00. The van der Waals surface area contributed by atoms with Gasteiger partial charge >= 0.3 is 0 Å². The normalized spacial score (nSPS) is 37.6. The van der Waals surface area contributed by atoms with Crippen LogP contribution < -0.4 is 5.73 Å². The number of hydrogen-bond acceptors (Lipinski definition) is 2. The van der Waals surface area contributed by atoms with Gasteiger partial charge in [0, 0.05) is 12.1 Å². The molecule has 2 nitrogen and oxygen atoms in total. The minimum atomic E-state index is 0.451. The second-order valence-corrected chi connectivity index (χ2v) is 8.38. The van der Waals surface area contributed by atoms with E-state index in [-0.39, 0.29) is 0 Å². The van der Waals surface area contributed by atoms with Crippen LogP contribution in [0.15, 0.2) is 0 Å². The van der Waals surface area contributed by atoms with Crippen LogP contribution in [0.5, 0.6) is 0 Å². The Hall–Kier alpha value is -0.0800. The Morgan fingerprint density at radius 3 is 2.45 bits per heavy atom. The first-order valence-corrected chi connectivity index (χ1v) is 8.89. The van der Waals surface area contributed by atoms with Crippen LogP contribution in [-0.2, 0) is 0 Å². The highest BCUT2D eigenvalue weighted by atomic mass is 15.2. The fourth-order valence-corrected chi connectivity index (χ4v) is 4.47. The van der Waals surface area contributed by atoms with Gasteiger partial charge in [-0.25, -0.2) is 0 Å². The maximum atomic E-state index is 6.11. The molecule has 1 heterocycles. The molecule has 1 aliphatic heterocycles. The van der Waals surface area contributed by atoms with E-state index < -0.39 is 0 Å². The van der Waals surface area contributed by atoms with Gasteiger partial charge in [-0.2, -0.15) is 0 Å². The molecule has 2 heteroatoms. The van der Waals surface area contributed by atoms with E-state index in [1.54, 1.807) is 0 Å². The second kappa shape index (κ2) is 6.79. The zero-order chi connectivity index (χ0) is 14.8. The molecule has 20 heavy (non-hydrogen) atoms. The van der Waals surface area contributed by atoms with Gasteiger partial charge in [0.25, 0.3) is 0 Å². The van der Waals surface area contributed by atoms with E-state index in [1.807, 2.05) is 0 Å². The summed E-state index contributed by atoms with van der Waals surface area (Å²) >= 11 is 0. The Kier molecular flexibility index (Phi) is 5.53. The number of rotatable bonds is 2. The van der Waals surface area contributed by atoms with Gasteiger partial charge in [-0.05, 0) is 69.4 Å². The summed E-state index contributed by atoms with van der Waals surface area (Å²) in [5, 5.41) is 0. The van der Waals surface area contributed by atoms with Gasteiger partial charge in [0.2, 0.25) is 0 Å². The number of nitrogens with zero attached hydrogens (tertiary/aromatic N) is 1. The molecule has 0 amide bonds. The highest BCUT2D eigenvalue weighted by molar-refractivity contribution is 4.93. The van der Waals surface area contributed by atoms with Gasteiger partial charge in [0.15, 0.2) is 0 Å². The largest absolute Gasteiger partial charge is 0.330 e. The average molecular weight is 280 g/mol. The molecule has 2 rings (SSSR count). The third kappa shape index (κ3) is 3.76. The molecule has 0 aromatic heterocycles. The van der Waals surface area contributed by atoms with Gasteiger partial charge in [0.1, 0.15) is 0 Å². The van der Waals surface area contributed by atoms with E-state index in [0.717, 1.165) is 30.5 Å². The maximum absolute atomic E-state index is 6.11. The first-order chi connectivity index (χ1) is 9.43. The van der Waals surface area contributed by atoms with Crippen molar-refractivity contribution in [2.75, 3.05) is 13.1 Å². The fourth-order valence-electron chi connectivity index (χ4n) is 4.47. The van der Waals surface area contributed by atoms with E-state index in [1.165, 1.54) is 51.5 Å². The summed E-state index contributed by atoms with van der Waals surface area (Å²) in [4.78, 5) is 2.84. The Bertz CT molecular complexity index is 294. The molecule has 2 fully saturated rings. The summed E-state index contributed by atoms with van der Waals surface area (Å²) in [6.45, 7) is 11.9. The predicted octanol–water partition coefficient (Wildman–Crippen LogP) is 4.04. The van der Waals surface area contributed by atoms with Crippen molar-refractivity contribution >= 4 is 0 Å². The van der Waals surface area contributed by atoms with Crippen LogP contribution in [0.4, 0.5) is 0 Å². The van der Waals surface area contributed by atoms with E-state index in [0.29, 0.717) is 5.41 Å². The van der Waals surface area contributed by atoms with Crippen molar-refractivity contribution in [1.29, 1.82) is 0 Å². The molecule has 4 unspecified atom stereocenters. The molecule has 2 N–H and O–H groups in total. The topological polar surface area (TPSA) is 29.3 Å². The van der Waals surface area contributed by atoms with Gasteiger partial charge in [-0.1, -0.05) is 33.6 Å². The lowest BCUT2D eigenvalue weighted by Gasteiger charge is -2.47. The van der Waals surface area contributed by atoms with Crippen molar-refractivity contribution in [2.45, 2.75) is 84.7 Å². The number of likely N-dealkylation sites (tertiary alicyclic amines) is 1. The minimum Gasteiger partial charge on any atom is -0.330 e. The average Bonchev–Trinajstić information content (AvgIpc) is 2.61. The molecule has 0 spiro atoms. The lowest BCUT2D eigenvalue weighted by Crippen LogP contribution is -2.51. The zero-order valence-corrected chi connectivity index (χ0v) is 14.2. The summed E-state index contributed by atoms with van der Waals surface area (Å²) in [6.07, 6.45) is 9.70. The van der Waals surface area contributed by atoms with Crippen molar-refractivity contribution in [3.63, 3.8) is 0 Å². The first-order valence-electron chi connectivity index (χ1n) is 8.89. The summed E-state index contributed by atoms with van der Waals surface area (Å²) in [5.41, 5.74) is 6.56. The van der Waals surface area contributed by atoms with Crippen molar-refractivity contribution in [2.24, 2.45) is 23.0 Å². The van der Waals surface area contributed by atoms with Crippen LogP contribution >= 0.6 is 0 Å². The van der Waals surface area contributed by atoms with Gasteiger partial charge in [-0.15, -0.1) is 0 Å². The Morgan fingerprint density at radius 2 is 1.80 bits per heavy atom. The van der Waals surface area contributed by atoms with Crippen molar-refractivity contribution < 1.29 is 0 Å². The SMILES string of the molecule is CC1CCCCCN1C1CC(C(C)(C)C)CCC1CN. The third-order valence-electron chi connectivity index (χ3n) is 6.01. The Balaban J connectivity index is 2.11. The molecule has 118 valence electrons. The van der Waals surface area contributed by atoms with Gasteiger partial charge in [0.05, 0.1) is 0 Å². The highest BCUT2D eigenvalue weighted by Gasteiger charge is 2.39. The summed E-state index contributed by atoms with van der Waals surface area (Å²) in [7, 11) is 0. The highest BCUT2D eigenvalue weighted by Crippen LogP contribution is 2.42. The van der Waals surface area contributed by atoms with Crippen LogP contribution in [0, 0.1) is 17.3 Å².